The lowest BCUT2D eigenvalue weighted by atomic mass is 10.3. The summed E-state index contributed by atoms with van der Waals surface area (Å²) in [7, 11) is 1.59. The van der Waals surface area contributed by atoms with Gasteiger partial charge in [0.1, 0.15) is 6.54 Å². The molecule has 0 saturated heterocycles. The topological polar surface area (TPSA) is 46.6 Å². The van der Waals surface area contributed by atoms with Crippen LogP contribution in [0.5, 0.6) is 0 Å². The van der Waals surface area contributed by atoms with Gasteiger partial charge in [0.25, 0.3) is 5.91 Å². The summed E-state index contributed by atoms with van der Waals surface area (Å²) in [6.07, 6.45) is 0. The number of amides is 1. The minimum atomic E-state index is -0.393. The molecule has 1 amide bonds. The van der Waals surface area contributed by atoms with E-state index in [0.717, 1.165) is 9.35 Å². The molecule has 0 N–H and O–H groups in total. The molecule has 0 bridgehead atoms. The number of likely N-dealkylation sites (N-methyl/N-ethyl adjacent to an activating group) is 1. The van der Waals surface area contributed by atoms with Gasteiger partial charge in [-0.1, -0.05) is 0 Å². The van der Waals surface area contributed by atoms with Gasteiger partial charge in [0.15, 0.2) is 0 Å². The van der Waals surface area contributed by atoms with E-state index in [9.17, 15) is 9.59 Å². The van der Waals surface area contributed by atoms with Crippen LogP contribution in [-0.4, -0.2) is 37.0 Å². The highest BCUT2D eigenvalue weighted by atomic mass is 79.9. The van der Waals surface area contributed by atoms with E-state index in [2.05, 4.69) is 15.9 Å². The maximum absolute atomic E-state index is 12.0. The van der Waals surface area contributed by atoms with Gasteiger partial charge in [0.05, 0.1) is 15.3 Å². The van der Waals surface area contributed by atoms with Crippen LogP contribution in [0.15, 0.2) is 9.85 Å². The zero-order valence-corrected chi connectivity index (χ0v) is 12.4. The second kappa shape index (κ2) is 6.16. The zero-order chi connectivity index (χ0) is 13.0. The average Bonchev–Trinajstić information content (AvgIpc) is 2.58. The first-order chi connectivity index (χ1) is 7.95. The molecule has 1 rings (SSSR count). The molecule has 6 heteroatoms. The predicted molar refractivity (Wildman–Crippen MR) is 70.3 cm³/mol. The highest BCUT2D eigenvalue weighted by molar-refractivity contribution is 9.11. The standard InChI is InChI=1S/C11H14BrNO3S/c1-4-16-9(14)6-13(3)11(15)8-5-7(2)10(12)17-8/h5H,4,6H2,1-3H3. The number of aryl methyl sites for hydroxylation is 1. The first kappa shape index (κ1) is 14.2. The van der Waals surface area contributed by atoms with Gasteiger partial charge in [-0.2, -0.15) is 0 Å². The molecule has 0 aliphatic rings. The van der Waals surface area contributed by atoms with Crippen molar-refractivity contribution in [3.05, 3.63) is 20.3 Å². The van der Waals surface area contributed by atoms with Crippen molar-refractivity contribution in [3.8, 4) is 0 Å². The van der Waals surface area contributed by atoms with Crippen LogP contribution >= 0.6 is 27.3 Å². The first-order valence-electron chi connectivity index (χ1n) is 5.12. The number of halogens is 1. The maximum atomic E-state index is 12.0. The van der Waals surface area contributed by atoms with Crippen molar-refractivity contribution in [1.29, 1.82) is 0 Å². The van der Waals surface area contributed by atoms with Crippen molar-refractivity contribution < 1.29 is 14.3 Å². The van der Waals surface area contributed by atoms with Gasteiger partial charge in [-0.3, -0.25) is 9.59 Å². The van der Waals surface area contributed by atoms with E-state index >= 15 is 0 Å². The molecular formula is C11H14BrNO3S. The third kappa shape index (κ3) is 3.81. The van der Waals surface area contributed by atoms with Crippen LogP contribution in [0.4, 0.5) is 0 Å². The normalized spacial score (nSPS) is 10.1. The number of hydrogen-bond donors (Lipinski definition) is 0. The number of hydrogen-bond acceptors (Lipinski definition) is 4. The Morgan fingerprint density at radius 3 is 2.65 bits per heavy atom. The van der Waals surface area contributed by atoms with E-state index in [1.165, 1.54) is 16.2 Å². The predicted octanol–water partition coefficient (Wildman–Crippen LogP) is 2.45. The Kier molecular flexibility index (Phi) is 5.14. The van der Waals surface area contributed by atoms with Crippen LogP contribution in [0, 0.1) is 6.92 Å². The highest BCUT2D eigenvalue weighted by Crippen LogP contribution is 2.27. The third-order valence-corrected chi connectivity index (χ3v) is 4.21. The molecule has 0 radical (unpaired) electrons. The highest BCUT2D eigenvalue weighted by Gasteiger charge is 2.18. The molecule has 94 valence electrons. The Bertz CT molecular complexity index is 411. The van der Waals surface area contributed by atoms with Gasteiger partial charge in [-0.15, -0.1) is 11.3 Å². The molecule has 0 atom stereocenters. The molecule has 0 unspecified atom stereocenters. The molecular weight excluding hydrogens is 306 g/mol. The fourth-order valence-electron chi connectivity index (χ4n) is 1.23. The van der Waals surface area contributed by atoms with Gasteiger partial charge in [0, 0.05) is 7.05 Å². The minimum Gasteiger partial charge on any atom is -0.465 e. The average molecular weight is 320 g/mol. The summed E-state index contributed by atoms with van der Waals surface area (Å²) in [6.45, 7) is 3.95. The Labute approximate surface area is 113 Å². The van der Waals surface area contributed by atoms with Crippen LogP contribution in [0.2, 0.25) is 0 Å². The number of esters is 1. The van der Waals surface area contributed by atoms with Gasteiger partial charge in [0.2, 0.25) is 0 Å². The van der Waals surface area contributed by atoms with Crippen molar-refractivity contribution in [1.82, 2.24) is 4.90 Å². The number of carbonyl (C=O) groups is 2. The summed E-state index contributed by atoms with van der Waals surface area (Å²) in [6, 6.07) is 1.80. The van der Waals surface area contributed by atoms with Gasteiger partial charge < -0.3 is 9.64 Å². The number of nitrogens with zero attached hydrogens (tertiary/aromatic N) is 1. The molecule has 17 heavy (non-hydrogen) atoms. The second-order valence-corrected chi connectivity index (χ2v) is 5.90. The van der Waals surface area contributed by atoms with Gasteiger partial charge >= 0.3 is 5.97 Å². The molecule has 0 aromatic carbocycles. The second-order valence-electron chi connectivity index (χ2n) is 3.53. The van der Waals surface area contributed by atoms with E-state index in [0.29, 0.717) is 11.5 Å². The molecule has 1 heterocycles. The monoisotopic (exact) mass is 319 g/mol. The van der Waals surface area contributed by atoms with E-state index < -0.39 is 5.97 Å². The third-order valence-electron chi connectivity index (χ3n) is 2.09. The lowest BCUT2D eigenvalue weighted by Crippen LogP contribution is -2.32. The van der Waals surface area contributed by atoms with E-state index in [1.807, 2.05) is 6.92 Å². The van der Waals surface area contributed by atoms with Crippen LogP contribution in [0.3, 0.4) is 0 Å². The van der Waals surface area contributed by atoms with Crippen LogP contribution in [0.25, 0.3) is 0 Å². The molecule has 1 aromatic rings. The summed E-state index contributed by atoms with van der Waals surface area (Å²) in [5.41, 5.74) is 1.02. The SMILES string of the molecule is CCOC(=O)CN(C)C(=O)c1cc(C)c(Br)s1. The zero-order valence-electron chi connectivity index (χ0n) is 9.95. The summed E-state index contributed by atoms with van der Waals surface area (Å²) in [4.78, 5) is 25.2. The molecule has 0 aliphatic carbocycles. The Morgan fingerprint density at radius 2 is 2.18 bits per heavy atom. The van der Waals surface area contributed by atoms with Crippen molar-refractivity contribution in [3.63, 3.8) is 0 Å². The molecule has 0 saturated carbocycles. The lowest BCUT2D eigenvalue weighted by molar-refractivity contribution is -0.143. The number of ether oxygens (including phenoxy) is 1. The minimum absolute atomic E-state index is 0.0265. The fourth-order valence-corrected chi connectivity index (χ4v) is 2.75. The Morgan fingerprint density at radius 1 is 1.53 bits per heavy atom. The molecule has 1 aromatic heterocycles. The Balaban J connectivity index is 2.66. The largest absolute Gasteiger partial charge is 0.465 e. The van der Waals surface area contributed by atoms with Gasteiger partial charge in [-0.05, 0) is 41.4 Å². The van der Waals surface area contributed by atoms with E-state index in [-0.39, 0.29) is 12.5 Å². The summed E-state index contributed by atoms with van der Waals surface area (Å²) in [5, 5.41) is 0. The van der Waals surface area contributed by atoms with Crippen molar-refractivity contribution in [2.75, 3.05) is 20.2 Å². The summed E-state index contributed by atoms with van der Waals surface area (Å²) < 4.78 is 5.72. The van der Waals surface area contributed by atoms with Crippen LogP contribution < -0.4 is 0 Å². The lowest BCUT2D eigenvalue weighted by Gasteiger charge is -2.14. The van der Waals surface area contributed by atoms with Crippen molar-refractivity contribution in [2.24, 2.45) is 0 Å². The van der Waals surface area contributed by atoms with Crippen molar-refractivity contribution in [2.45, 2.75) is 13.8 Å². The summed E-state index contributed by atoms with van der Waals surface area (Å²) >= 11 is 4.73. The smallest absolute Gasteiger partial charge is 0.325 e. The van der Waals surface area contributed by atoms with E-state index in [4.69, 9.17) is 4.74 Å². The number of carbonyl (C=O) groups excluding carboxylic acids is 2. The van der Waals surface area contributed by atoms with Crippen LogP contribution in [0.1, 0.15) is 22.2 Å². The van der Waals surface area contributed by atoms with Gasteiger partial charge in [-0.25, -0.2) is 0 Å². The Hall–Kier alpha value is -0.880. The molecule has 4 nitrogen and oxygen atoms in total. The quantitative estimate of drug-likeness (QED) is 0.801. The van der Waals surface area contributed by atoms with E-state index in [1.54, 1.807) is 20.0 Å². The summed E-state index contributed by atoms with van der Waals surface area (Å²) in [5.74, 6) is -0.562. The fraction of sp³-hybridized carbons (Fsp3) is 0.455. The molecule has 0 fully saturated rings. The number of thiophene rings is 1. The molecule has 0 aliphatic heterocycles. The maximum Gasteiger partial charge on any atom is 0.325 e. The first-order valence-corrected chi connectivity index (χ1v) is 6.73. The number of rotatable bonds is 4. The van der Waals surface area contributed by atoms with Crippen LogP contribution in [-0.2, 0) is 9.53 Å². The molecule has 0 spiro atoms. The van der Waals surface area contributed by atoms with Crippen molar-refractivity contribution >= 4 is 39.1 Å².